The van der Waals surface area contributed by atoms with Gasteiger partial charge in [0, 0.05) is 4.47 Å². The van der Waals surface area contributed by atoms with Crippen molar-refractivity contribution in [2.45, 2.75) is 6.61 Å². The average molecular weight is 306 g/mol. The highest BCUT2D eigenvalue weighted by atomic mass is 79.9. The lowest BCUT2D eigenvalue weighted by Gasteiger charge is -2.08. The molecule has 0 aliphatic rings. The third kappa shape index (κ3) is 3.34. The third-order valence-corrected chi connectivity index (χ3v) is 2.94. The van der Waals surface area contributed by atoms with Gasteiger partial charge in [0.05, 0.1) is 5.97 Å². The molecule has 0 saturated heterocycles. The Hall–Kier alpha value is -1.81. The zero-order valence-corrected chi connectivity index (χ0v) is 11.0. The zero-order valence-electron chi connectivity index (χ0n) is 9.43. The van der Waals surface area contributed by atoms with Crippen molar-refractivity contribution in [1.82, 2.24) is 0 Å². The fraction of sp³-hybridized carbons (Fsp3) is 0.0714. The van der Waals surface area contributed by atoms with Crippen LogP contribution in [0.1, 0.15) is 15.9 Å². The molecule has 18 heavy (non-hydrogen) atoms. The predicted octanol–water partition coefficient (Wildman–Crippen LogP) is 2.39. The number of carbonyl (C=O) groups is 1. The van der Waals surface area contributed by atoms with Crippen LogP contribution in [0.4, 0.5) is 0 Å². The Labute approximate surface area is 113 Å². The molecule has 3 nitrogen and oxygen atoms in total. The predicted molar refractivity (Wildman–Crippen MR) is 69.2 cm³/mol. The van der Waals surface area contributed by atoms with Gasteiger partial charge < -0.3 is 14.6 Å². The van der Waals surface area contributed by atoms with Gasteiger partial charge in [-0.2, -0.15) is 0 Å². The summed E-state index contributed by atoms with van der Waals surface area (Å²) >= 11 is 3.36. The van der Waals surface area contributed by atoms with Crippen LogP contribution in [0.2, 0.25) is 0 Å². The highest BCUT2D eigenvalue weighted by molar-refractivity contribution is 9.10. The molecule has 0 fully saturated rings. The van der Waals surface area contributed by atoms with Crippen molar-refractivity contribution in [1.29, 1.82) is 0 Å². The van der Waals surface area contributed by atoms with E-state index in [0.29, 0.717) is 12.4 Å². The molecular formula is C14H10BrO3-. The van der Waals surface area contributed by atoms with Gasteiger partial charge in [-0.1, -0.05) is 28.1 Å². The van der Waals surface area contributed by atoms with Crippen LogP contribution in [0, 0.1) is 0 Å². The number of benzene rings is 2. The largest absolute Gasteiger partial charge is 0.545 e. The Morgan fingerprint density at radius 1 is 1.06 bits per heavy atom. The summed E-state index contributed by atoms with van der Waals surface area (Å²) in [6.07, 6.45) is 0. The molecule has 0 aliphatic carbocycles. The SMILES string of the molecule is O=C([O-])c1ccc(OCc2ccc(Br)cc2)cc1. The van der Waals surface area contributed by atoms with Gasteiger partial charge >= 0.3 is 0 Å². The fourth-order valence-corrected chi connectivity index (χ4v) is 1.70. The number of rotatable bonds is 4. The Morgan fingerprint density at radius 3 is 2.22 bits per heavy atom. The van der Waals surface area contributed by atoms with Crippen LogP contribution in [-0.4, -0.2) is 5.97 Å². The van der Waals surface area contributed by atoms with Crippen LogP contribution >= 0.6 is 15.9 Å². The van der Waals surface area contributed by atoms with Crippen molar-refractivity contribution in [2.75, 3.05) is 0 Å². The first-order valence-corrected chi connectivity index (χ1v) is 6.13. The molecule has 0 amide bonds. The van der Waals surface area contributed by atoms with Crippen LogP contribution < -0.4 is 9.84 Å². The van der Waals surface area contributed by atoms with Crippen molar-refractivity contribution in [3.63, 3.8) is 0 Å². The summed E-state index contributed by atoms with van der Waals surface area (Å²) in [5.74, 6) is -0.558. The number of carboxylic acids is 1. The fourth-order valence-electron chi connectivity index (χ4n) is 1.43. The highest BCUT2D eigenvalue weighted by Gasteiger charge is 1.98. The van der Waals surface area contributed by atoms with E-state index >= 15 is 0 Å². The summed E-state index contributed by atoms with van der Waals surface area (Å²) in [6, 6.07) is 14.0. The Morgan fingerprint density at radius 2 is 1.67 bits per heavy atom. The van der Waals surface area contributed by atoms with Crippen LogP contribution in [0.25, 0.3) is 0 Å². The maximum atomic E-state index is 10.6. The summed E-state index contributed by atoms with van der Waals surface area (Å²) in [5.41, 5.74) is 1.19. The molecule has 0 aliphatic heterocycles. The van der Waals surface area contributed by atoms with E-state index in [4.69, 9.17) is 4.74 Å². The van der Waals surface area contributed by atoms with Gasteiger partial charge in [-0.25, -0.2) is 0 Å². The van der Waals surface area contributed by atoms with E-state index in [1.807, 2.05) is 24.3 Å². The van der Waals surface area contributed by atoms with Gasteiger partial charge in [-0.15, -0.1) is 0 Å². The van der Waals surface area contributed by atoms with Crippen LogP contribution in [0.15, 0.2) is 53.0 Å². The minimum atomic E-state index is -1.19. The number of hydrogen-bond donors (Lipinski definition) is 0. The van der Waals surface area contributed by atoms with Crippen molar-refractivity contribution >= 4 is 21.9 Å². The second kappa shape index (κ2) is 5.69. The number of ether oxygens (including phenoxy) is 1. The maximum Gasteiger partial charge on any atom is 0.119 e. The Balaban J connectivity index is 1.97. The van der Waals surface area contributed by atoms with E-state index in [-0.39, 0.29) is 5.56 Å². The molecule has 92 valence electrons. The van der Waals surface area contributed by atoms with Crippen molar-refractivity contribution in [2.24, 2.45) is 0 Å². The summed E-state index contributed by atoms with van der Waals surface area (Å²) in [5, 5.41) is 10.6. The molecule has 0 bridgehead atoms. The number of hydrogen-bond acceptors (Lipinski definition) is 3. The summed E-state index contributed by atoms with van der Waals surface area (Å²) in [6.45, 7) is 0.442. The number of halogens is 1. The zero-order chi connectivity index (χ0) is 13.0. The lowest BCUT2D eigenvalue weighted by atomic mass is 10.2. The van der Waals surface area contributed by atoms with Gasteiger partial charge in [0.25, 0.3) is 0 Å². The molecule has 0 aromatic heterocycles. The normalized spacial score (nSPS) is 10.1. The highest BCUT2D eigenvalue weighted by Crippen LogP contribution is 2.15. The van der Waals surface area contributed by atoms with E-state index in [0.717, 1.165) is 10.0 Å². The van der Waals surface area contributed by atoms with Crippen molar-refractivity contribution in [3.05, 3.63) is 64.1 Å². The van der Waals surface area contributed by atoms with Gasteiger partial charge in [0.15, 0.2) is 0 Å². The molecule has 0 atom stereocenters. The first-order chi connectivity index (χ1) is 8.65. The maximum absolute atomic E-state index is 10.6. The Kier molecular flexibility index (Phi) is 3.99. The Bertz CT molecular complexity index is 532. The van der Waals surface area contributed by atoms with Crippen LogP contribution in [0.5, 0.6) is 5.75 Å². The number of aromatic carboxylic acids is 1. The van der Waals surface area contributed by atoms with Gasteiger partial charge in [0.1, 0.15) is 12.4 Å². The van der Waals surface area contributed by atoms with Gasteiger partial charge in [0.2, 0.25) is 0 Å². The van der Waals surface area contributed by atoms with E-state index in [2.05, 4.69) is 15.9 Å². The van der Waals surface area contributed by atoms with E-state index < -0.39 is 5.97 Å². The van der Waals surface area contributed by atoms with Gasteiger partial charge in [-0.3, -0.25) is 0 Å². The molecule has 2 aromatic carbocycles. The van der Waals surface area contributed by atoms with Crippen molar-refractivity contribution in [3.8, 4) is 5.75 Å². The first-order valence-electron chi connectivity index (χ1n) is 5.34. The van der Waals surface area contributed by atoms with Crippen LogP contribution in [-0.2, 0) is 6.61 Å². The van der Waals surface area contributed by atoms with Crippen molar-refractivity contribution < 1.29 is 14.6 Å². The number of carboxylic acid groups (broad SMARTS) is 1. The summed E-state index contributed by atoms with van der Waals surface area (Å²) < 4.78 is 6.56. The molecule has 0 spiro atoms. The second-order valence-corrected chi connectivity index (χ2v) is 4.64. The number of carbonyl (C=O) groups excluding carboxylic acids is 1. The smallest absolute Gasteiger partial charge is 0.119 e. The van der Waals surface area contributed by atoms with E-state index in [1.165, 1.54) is 12.1 Å². The topological polar surface area (TPSA) is 49.4 Å². The second-order valence-electron chi connectivity index (χ2n) is 3.73. The van der Waals surface area contributed by atoms with Crippen LogP contribution in [0.3, 0.4) is 0 Å². The average Bonchev–Trinajstić information content (AvgIpc) is 2.38. The standard InChI is InChI=1S/C14H11BrO3/c15-12-5-1-10(2-6-12)9-18-13-7-3-11(4-8-13)14(16)17/h1-8H,9H2,(H,16,17)/p-1. The summed E-state index contributed by atoms with van der Waals surface area (Å²) in [4.78, 5) is 10.6. The molecule has 0 heterocycles. The molecule has 2 rings (SSSR count). The minimum Gasteiger partial charge on any atom is -0.545 e. The molecule has 0 unspecified atom stereocenters. The first kappa shape index (κ1) is 12.6. The third-order valence-electron chi connectivity index (χ3n) is 2.41. The molecular weight excluding hydrogens is 296 g/mol. The van der Waals surface area contributed by atoms with E-state index in [1.54, 1.807) is 12.1 Å². The monoisotopic (exact) mass is 305 g/mol. The molecule has 0 saturated carbocycles. The lowest BCUT2D eigenvalue weighted by molar-refractivity contribution is -0.255. The minimum absolute atomic E-state index is 0.144. The quantitative estimate of drug-likeness (QED) is 0.871. The molecule has 0 N–H and O–H groups in total. The molecule has 4 heteroatoms. The molecule has 0 radical (unpaired) electrons. The lowest BCUT2D eigenvalue weighted by Crippen LogP contribution is -2.21. The molecule has 2 aromatic rings. The summed E-state index contributed by atoms with van der Waals surface area (Å²) in [7, 11) is 0. The van der Waals surface area contributed by atoms with E-state index in [9.17, 15) is 9.90 Å². The van der Waals surface area contributed by atoms with Gasteiger partial charge in [-0.05, 0) is 47.5 Å².